The van der Waals surface area contributed by atoms with Gasteiger partial charge in [-0.05, 0) is 101 Å². The van der Waals surface area contributed by atoms with Crippen LogP contribution in [0.4, 0.5) is 0 Å². The number of allylic oxidation sites excluding steroid dienone is 2. The highest BCUT2D eigenvalue weighted by molar-refractivity contribution is 5.99. The van der Waals surface area contributed by atoms with Crippen molar-refractivity contribution in [3.63, 3.8) is 0 Å². The Bertz CT molecular complexity index is 2620. The average Bonchev–Trinajstić information content (AvgIpc) is 0.803. The lowest BCUT2D eigenvalue weighted by atomic mass is 9.91. The summed E-state index contributed by atoms with van der Waals surface area (Å²) < 4.78 is 37.4. The highest BCUT2D eigenvalue weighted by Crippen LogP contribution is 2.27. The van der Waals surface area contributed by atoms with Crippen molar-refractivity contribution in [2.75, 3.05) is 55.9 Å². The van der Waals surface area contributed by atoms with Gasteiger partial charge in [-0.25, -0.2) is 0 Å². The van der Waals surface area contributed by atoms with E-state index in [1.165, 1.54) is 89.7 Å². The van der Waals surface area contributed by atoms with Crippen LogP contribution in [0, 0.1) is 41.4 Å². The highest BCUT2D eigenvalue weighted by atomic mass is 16.5. The minimum atomic E-state index is -2.83. The number of nitrogens with zero attached hydrogens (tertiary/aromatic N) is 7. The Kier molecular flexibility index (Phi) is 29.6. The Labute approximate surface area is 531 Å². The number of ether oxygens (including phenoxy) is 1. The van der Waals surface area contributed by atoms with Gasteiger partial charge in [-0.15, -0.1) is 0 Å². The summed E-state index contributed by atoms with van der Waals surface area (Å²) in [7, 11) is 9.52. The van der Waals surface area contributed by atoms with Crippen molar-refractivity contribution >= 4 is 70.9 Å². The fourth-order valence-corrected chi connectivity index (χ4v) is 10.9. The smallest absolute Gasteiger partial charge is 0.303 e. The Morgan fingerprint density at radius 1 is 0.523 bits per heavy atom. The molecule has 0 bridgehead atoms. The van der Waals surface area contributed by atoms with Crippen LogP contribution in [0.3, 0.4) is 0 Å². The average molecular weight is 1250 g/mol. The molecule has 0 aromatic carbocycles. The molecule has 12 atom stereocenters. The molecule has 24 heteroatoms. The van der Waals surface area contributed by atoms with Crippen LogP contribution in [-0.2, 0) is 62.3 Å². The number of amides is 11. The molecule has 0 aromatic heterocycles. The summed E-state index contributed by atoms with van der Waals surface area (Å²) >= 11 is 0. The van der Waals surface area contributed by atoms with Crippen LogP contribution in [0.1, 0.15) is 169 Å². The van der Waals surface area contributed by atoms with E-state index in [0.29, 0.717) is 0 Å². The summed E-state index contributed by atoms with van der Waals surface area (Å²) in [5, 5.41) is 10.9. The fourth-order valence-electron chi connectivity index (χ4n) is 10.9. The third-order valence-electron chi connectivity index (χ3n) is 16.2. The Balaban J connectivity index is 4.52. The summed E-state index contributed by atoms with van der Waals surface area (Å²) in [5.74, 6) is -12.2. The van der Waals surface area contributed by atoms with Gasteiger partial charge in [0.1, 0.15) is 66.5 Å². The number of carbonyl (C=O) groups is 12. The van der Waals surface area contributed by atoms with E-state index in [9.17, 15) is 38.4 Å². The predicted octanol–water partition coefficient (Wildman–Crippen LogP) is 3.84. The number of carbonyl (C=O) groups excluding carboxylic acids is 12. The minimum Gasteiger partial charge on any atom is -0.459 e. The van der Waals surface area contributed by atoms with Gasteiger partial charge in [-0.3, -0.25) is 57.5 Å². The van der Waals surface area contributed by atoms with Crippen LogP contribution in [0.15, 0.2) is 12.1 Å². The molecular formula is C64H113N11O13. The SMILES string of the molecule is [2H]/[13C](=C\CC(C)C(OC(C)=O)C1C(=O)NC(CC)C(=O)N(C)CC(=O)N(C)C(CC(C)C)C(=O)NC(C(C)C)C(=O)N(C)C(CC(C)C)C(=O)NC(C)C(=O)NC(C)C(=O)N(C)C(CC(C)C)C(=O)N(C)C(CC(C)C)C(=O)N(C)C(C(C)C)C(=O)N1C)[13C]([2H])([2H])[2H]. The van der Waals surface area contributed by atoms with Gasteiger partial charge in [0.2, 0.25) is 65.0 Å². The largest absolute Gasteiger partial charge is 0.459 e. The van der Waals surface area contributed by atoms with Crippen LogP contribution < -0.4 is 21.3 Å². The second-order valence-corrected chi connectivity index (χ2v) is 26.5. The van der Waals surface area contributed by atoms with Gasteiger partial charge in [0.15, 0.2) is 0 Å². The normalized spacial score (nSPS) is 27.2. The van der Waals surface area contributed by atoms with Crippen molar-refractivity contribution in [1.82, 2.24) is 55.6 Å². The van der Waals surface area contributed by atoms with E-state index in [-0.39, 0.29) is 62.2 Å². The molecule has 24 nitrogen and oxygen atoms in total. The molecule has 0 aromatic rings. The van der Waals surface area contributed by atoms with Crippen molar-refractivity contribution in [3.8, 4) is 0 Å². The molecule has 502 valence electrons. The topological polar surface area (TPSA) is 285 Å². The molecule has 1 heterocycles. The van der Waals surface area contributed by atoms with Crippen molar-refractivity contribution in [2.24, 2.45) is 41.4 Å². The van der Waals surface area contributed by atoms with E-state index in [1.54, 1.807) is 34.6 Å². The zero-order valence-electron chi connectivity index (χ0n) is 61.4. The van der Waals surface area contributed by atoms with Crippen LogP contribution in [-0.4, -0.2) is 228 Å². The quantitative estimate of drug-likeness (QED) is 0.0973. The van der Waals surface area contributed by atoms with Crippen molar-refractivity contribution in [1.29, 1.82) is 0 Å². The number of likely N-dealkylation sites (N-methyl/N-ethyl adjacent to an activating group) is 7. The Morgan fingerprint density at radius 3 is 1.41 bits per heavy atom. The maximum absolute atomic E-state index is 15.5. The molecule has 1 rings (SSSR count). The first-order valence-electron chi connectivity index (χ1n) is 33.1. The lowest BCUT2D eigenvalue weighted by Gasteiger charge is -2.42. The maximum Gasteiger partial charge on any atom is 0.303 e. The molecule has 0 spiro atoms. The first-order valence-corrected chi connectivity index (χ1v) is 31.1. The predicted molar refractivity (Wildman–Crippen MR) is 338 cm³/mol. The molecule has 1 fully saturated rings. The Hall–Kier alpha value is -6.62. The number of esters is 1. The van der Waals surface area contributed by atoms with Gasteiger partial charge in [-0.2, -0.15) is 0 Å². The van der Waals surface area contributed by atoms with Gasteiger partial charge >= 0.3 is 5.97 Å². The Morgan fingerprint density at radius 2 is 0.955 bits per heavy atom. The van der Waals surface area contributed by atoms with E-state index < -0.39 is 175 Å². The molecule has 11 amide bonds. The van der Waals surface area contributed by atoms with Crippen LogP contribution in [0.25, 0.3) is 0 Å². The zero-order valence-corrected chi connectivity index (χ0v) is 57.4. The molecule has 1 aliphatic rings. The molecule has 1 aliphatic heterocycles. The van der Waals surface area contributed by atoms with E-state index in [0.717, 1.165) is 27.7 Å². The molecule has 88 heavy (non-hydrogen) atoms. The number of hydrogen-bond acceptors (Lipinski definition) is 13. The molecule has 0 saturated carbocycles. The highest BCUT2D eigenvalue weighted by Gasteiger charge is 2.47. The molecule has 12 unspecified atom stereocenters. The molecule has 0 aliphatic carbocycles. The molecule has 4 N–H and O–H groups in total. The van der Waals surface area contributed by atoms with Crippen molar-refractivity contribution in [2.45, 2.75) is 230 Å². The molecule has 0 radical (unpaired) electrons. The zero-order chi connectivity index (χ0) is 71.6. The lowest BCUT2D eigenvalue weighted by Crippen LogP contribution is -2.64. The first kappa shape index (κ1) is 72.1. The van der Waals surface area contributed by atoms with Gasteiger partial charge in [-0.1, -0.05) is 109 Å². The lowest BCUT2D eigenvalue weighted by molar-refractivity contribution is -0.164. The fraction of sp³-hybridized carbons (Fsp3) is 0.781. The van der Waals surface area contributed by atoms with Gasteiger partial charge < -0.3 is 60.3 Å². The standard InChI is InChI=1S/C64H113N11O13/c1-26-28-29-41(15)54(88-44(18)76)53-58(81)67-45(27-2)60(83)69(19)34-50(77)70(20)46(30-35(3)4)57(80)68-51(39(11)12)63(86)71(21)47(31-36(5)6)56(79)65-42(16)55(78)66-43(17)59(82)72(22)48(32-37(7)8)61(84)73(23)49(33-38(9)10)62(85)74(24)52(40(13)14)64(87)75(53)25/h26,28,35-43,45-49,51-54H,27,29-34H2,1-25H3,(H,65,79)(H,66,78)(H,67,81)(H,68,80)/b28-26+/i1+1D3,26+1D. The van der Waals surface area contributed by atoms with Crippen LogP contribution in [0.5, 0.6) is 0 Å². The van der Waals surface area contributed by atoms with Gasteiger partial charge in [0.25, 0.3) is 0 Å². The van der Waals surface area contributed by atoms with E-state index >= 15 is 19.2 Å². The van der Waals surface area contributed by atoms with E-state index in [1.807, 2.05) is 55.4 Å². The summed E-state index contributed by atoms with van der Waals surface area (Å²) in [4.78, 5) is 183. The van der Waals surface area contributed by atoms with Crippen LogP contribution in [0.2, 0.25) is 0 Å². The first-order chi connectivity index (χ1) is 42.2. The summed E-state index contributed by atoms with van der Waals surface area (Å²) in [5.41, 5.74) is 0. The van der Waals surface area contributed by atoms with E-state index in [2.05, 4.69) is 21.3 Å². The summed E-state index contributed by atoms with van der Waals surface area (Å²) in [6.07, 6.45) is -0.467. The van der Waals surface area contributed by atoms with Crippen molar-refractivity contribution in [3.05, 3.63) is 12.1 Å². The number of rotatable bonds is 16. The third-order valence-corrected chi connectivity index (χ3v) is 16.2. The van der Waals surface area contributed by atoms with Gasteiger partial charge in [0.05, 0.1) is 7.92 Å². The molecule has 1 saturated heterocycles. The van der Waals surface area contributed by atoms with E-state index in [4.69, 9.17) is 10.2 Å². The number of hydrogen-bond donors (Lipinski definition) is 4. The monoisotopic (exact) mass is 1250 g/mol. The van der Waals surface area contributed by atoms with Crippen molar-refractivity contribution < 1.29 is 67.8 Å². The molecular weight excluding hydrogens is 1130 g/mol. The maximum atomic E-state index is 15.5. The second kappa shape index (κ2) is 36.1. The van der Waals surface area contributed by atoms with Crippen LogP contribution >= 0.6 is 0 Å². The second-order valence-electron chi connectivity index (χ2n) is 26.5. The third kappa shape index (κ3) is 22.5. The number of nitrogens with one attached hydrogen (secondary N) is 4. The van der Waals surface area contributed by atoms with Gasteiger partial charge in [0, 0.05) is 60.4 Å². The summed E-state index contributed by atoms with van der Waals surface area (Å²) in [6.45, 7) is 24.9. The summed E-state index contributed by atoms with van der Waals surface area (Å²) in [6, 6.07) is -14.0. The minimum absolute atomic E-state index is 0.0673.